The number of aromatic nitrogens is 3. The maximum absolute atomic E-state index is 13.5. The van der Waals surface area contributed by atoms with E-state index in [9.17, 15) is 37.6 Å². The van der Waals surface area contributed by atoms with E-state index < -0.39 is 63.3 Å². The van der Waals surface area contributed by atoms with Gasteiger partial charge in [-0.05, 0) is 63.4 Å². The molecule has 4 heterocycles. The number of aliphatic carboxylic acids is 1. The van der Waals surface area contributed by atoms with Gasteiger partial charge in [0.1, 0.15) is 24.0 Å². The van der Waals surface area contributed by atoms with Crippen molar-refractivity contribution >= 4 is 50.4 Å². The molecule has 2 amide bonds. The Hall–Kier alpha value is -4.71. The summed E-state index contributed by atoms with van der Waals surface area (Å²) in [6, 6.07) is 4.10. The van der Waals surface area contributed by atoms with Crippen molar-refractivity contribution in [2.75, 3.05) is 18.8 Å². The van der Waals surface area contributed by atoms with Gasteiger partial charge in [-0.1, -0.05) is 11.2 Å². The van der Waals surface area contributed by atoms with E-state index in [-0.39, 0.29) is 23.8 Å². The number of nitrogens with zero attached hydrogens (tertiary/aromatic N) is 5. The number of β-lactam (4-membered cyclic amide) rings is 1. The van der Waals surface area contributed by atoms with Gasteiger partial charge in [-0.3, -0.25) is 9.59 Å². The quantitative estimate of drug-likeness (QED) is 0.0243. The molecule has 1 fully saturated rings. The van der Waals surface area contributed by atoms with E-state index in [4.69, 9.17) is 26.8 Å². The smallest absolute Gasteiger partial charge is 0.354 e. The topological polar surface area (TPSA) is 304 Å². The van der Waals surface area contributed by atoms with Crippen LogP contribution in [-0.2, 0) is 53.4 Å². The molecule has 20 nitrogen and oxygen atoms in total. The highest BCUT2D eigenvalue weighted by Gasteiger charge is 2.57. The normalized spacial score (nSPS) is 20.1. The molecule has 288 valence electrons. The van der Waals surface area contributed by atoms with Gasteiger partial charge in [0.25, 0.3) is 17.4 Å². The Kier molecular flexibility index (Phi) is 11.4. The molecule has 0 spiro atoms. The zero-order valence-corrected chi connectivity index (χ0v) is 30.6. The fourth-order valence-corrected chi connectivity index (χ4v) is 6.89. The number of carboxylic acids is 1. The predicted octanol–water partition coefficient (Wildman–Crippen LogP) is -1.40. The molecule has 0 saturated carbocycles. The number of nitrogen functional groups attached to an aromatic ring is 1. The maximum atomic E-state index is 13.5. The predicted molar refractivity (Wildman–Crippen MR) is 185 cm³/mol. The van der Waals surface area contributed by atoms with Crippen LogP contribution in [0.1, 0.15) is 44.9 Å². The number of rotatable bonds is 16. The van der Waals surface area contributed by atoms with E-state index in [1.54, 1.807) is 6.07 Å². The lowest BCUT2D eigenvalue weighted by atomic mass is 9.84. The number of nitrogens with two attached hydrogens (primary N) is 3. The van der Waals surface area contributed by atoms with E-state index in [2.05, 4.69) is 19.7 Å². The molecule has 1 aromatic carbocycles. The molecule has 4 atom stereocenters. The third-order valence-electron chi connectivity index (χ3n) is 8.97. The van der Waals surface area contributed by atoms with E-state index >= 15 is 0 Å². The second-order valence-electron chi connectivity index (χ2n) is 13.2. The van der Waals surface area contributed by atoms with Gasteiger partial charge in [0.15, 0.2) is 23.5 Å². The molecule has 5 rings (SSSR count). The minimum atomic E-state index is -5.29. The van der Waals surface area contributed by atoms with Crippen molar-refractivity contribution in [2.45, 2.75) is 82.5 Å². The molecular formula is C31H41N9O11S2. The van der Waals surface area contributed by atoms with Gasteiger partial charge < -0.3 is 46.9 Å². The lowest BCUT2D eigenvalue weighted by Gasteiger charge is -2.51. The fraction of sp³-hybridized carbons (Fsp3) is 0.484. The first-order valence-electron chi connectivity index (χ1n) is 16.4. The summed E-state index contributed by atoms with van der Waals surface area (Å²) in [5.74, 6) is -3.12. The number of nitrogens with one attached hydrogen (secondary N) is 1. The molecule has 2 aliphatic heterocycles. The van der Waals surface area contributed by atoms with Crippen LogP contribution in [0.4, 0.5) is 5.13 Å². The van der Waals surface area contributed by atoms with Crippen LogP contribution in [0.15, 0.2) is 41.1 Å². The number of aliphatic hydroxyl groups is 1. The van der Waals surface area contributed by atoms with Crippen molar-refractivity contribution in [3.63, 3.8) is 0 Å². The number of hydrogen-bond acceptors (Lipinski definition) is 16. The van der Waals surface area contributed by atoms with Crippen molar-refractivity contribution < 1.29 is 56.1 Å². The summed E-state index contributed by atoms with van der Waals surface area (Å²) in [5, 5.41) is 28.5. The highest BCUT2D eigenvalue weighted by Crippen LogP contribution is 2.37. The summed E-state index contributed by atoms with van der Waals surface area (Å²) in [6.07, 6.45) is 3.35. The molecule has 2 aliphatic rings. The van der Waals surface area contributed by atoms with Gasteiger partial charge in [-0.15, -0.1) is 16.0 Å². The number of ether oxygens (including phenoxy) is 1. The van der Waals surface area contributed by atoms with Gasteiger partial charge in [0.05, 0.1) is 23.4 Å². The first-order chi connectivity index (χ1) is 24.9. The Morgan fingerprint density at radius 3 is 2.66 bits per heavy atom. The number of carboxylic acid groups (broad SMARTS) is 1. The zero-order chi connectivity index (χ0) is 38.9. The molecule has 9 N–H and O–H groups in total. The number of carbonyl (C=O) groups excluding carboxylic acids is 2. The van der Waals surface area contributed by atoms with Gasteiger partial charge in [0, 0.05) is 18.3 Å². The minimum Gasteiger partial charge on any atom is -0.724 e. The Balaban J connectivity index is 1.36. The third kappa shape index (κ3) is 8.43. The maximum Gasteiger partial charge on any atom is 0.354 e. The second kappa shape index (κ2) is 15.3. The molecule has 0 bridgehead atoms. The third-order valence-corrected chi connectivity index (χ3v) is 9.98. The average Bonchev–Trinajstić information content (AvgIpc) is 3.72. The minimum absolute atomic E-state index is 0.0449. The van der Waals surface area contributed by atoms with Crippen LogP contribution < -0.4 is 31.9 Å². The molecule has 0 radical (unpaired) electrons. The van der Waals surface area contributed by atoms with Gasteiger partial charge in [-0.25, -0.2) is 18.2 Å². The van der Waals surface area contributed by atoms with Crippen molar-refractivity contribution in [1.29, 1.82) is 0 Å². The van der Waals surface area contributed by atoms with Crippen LogP contribution in [0.5, 0.6) is 5.75 Å². The van der Waals surface area contributed by atoms with Crippen molar-refractivity contribution in [2.24, 2.45) is 16.6 Å². The number of amides is 2. The monoisotopic (exact) mass is 779 g/mol. The number of carbonyl (C=O) groups is 3. The van der Waals surface area contributed by atoms with E-state index in [1.165, 1.54) is 26.2 Å². The number of aryl methyl sites for hydroxylation is 2. The second-order valence-corrected chi connectivity index (χ2v) is 15.0. The number of aliphatic hydroxyl groups excluding tert-OH is 1. The molecule has 0 aliphatic carbocycles. The standard InChI is InChI=1S/C31H41N9O11S2/c1-30(2)25(27(43)40(30)51-53(46,47)48)36-26(42)24(21-16-52-29(34)35-21)37-50-31(3,28(44)45)23-8-6-18-11-17(5-7-22(18)49-23)19-13-38(10-4-9-32)39(14-19)15-20(41)12-33/h5,7,11,13-14,16,20,23,25,41H,4,6,8-10,12,15,32-33H2,1-3H3,(H4-,34,35,36,42,44,45,46,47,48)/b37-24-/t20?,23-,25-,31?/m1/s1. The fourth-order valence-electron chi connectivity index (χ4n) is 5.90. The number of hydrogen-bond donors (Lipinski definition) is 6. The van der Waals surface area contributed by atoms with Crippen LogP contribution >= 0.6 is 11.3 Å². The lowest BCUT2D eigenvalue weighted by Crippen LogP contribution is -2.76. The van der Waals surface area contributed by atoms with Crippen LogP contribution in [0.3, 0.4) is 0 Å². The Labute approximate surface area is 308 Å². The number of oxime groups is 1. The summed E-state index contributed by atoms with van der Waals surface area (Å²) in [4.78, 5) is 48.5. The first kappa shape index (κ1) is 39.5. The number of benzene rings is 1. The molecule has 22 heteroatoms. The van der Waals surface area contributed by atoms with E-state index in [0.717, 1.165) is 34.4 Å². The summed E-state index contributed by atoms with van der Waals surface area (Å²) < 4.78 is 47.5. The molecular weight excluding hydrogens is 739 g/mol. The van der Waals surface area contributed by atoms with Crippen molar-refractivity contribution in [1.82, 2.24) is 20.0 Å². The van der Waals surface area contributed by atoms with E-state index in [0.29, 0.717) is 36.9 Å². The van der Waals surface area contributed by atoms with Crippen LogP contribution in [0.2, 0.25) is 0 Å². The van der Waals surface area contributed by atoms with Crippen LogP contribution in [0, 0.1) is 0 Å². The number of thiazole rings is 1. The number of fused-ring (bicyclic) bond motifs is 1. The number of anilines is 1. The lowest BCUT2D eigenvalue weighted by molar-refractivity contribution is -0.775. The highest BCUT2D eigenvalue weighted by molar-refractivity contribution is 7.80. The average molecular weight is 780 g/mol. The molecule has 3 aromatic rings. The largest absolute Gasteiger partial charge is 0.724 e. The Morgan fingerprint density at radius 1 is 1.32 bits per heavy atom. The molecule has 2 unspecified atom stereocenters. The molecule has 1 saturated heterocycles. The Morgan fingerprint density at radius 2 is 2.06 bits per heavy atom. The molecule has 53 heavy (non-hydrogen) atoms. The Bertz CT molecular complexity index is 2020. The first-order valence-corrected chi connectivity index (χ1v) is 18.6. The van der Waals surface area contributed by atoms with Gasteiger partial charge in [0.2, 0.25) is 16.6 Å². The summed E-state index contributed by atoms with van der Waals surface area (Å²) >= 11 is 0.953. The number of hydroxylamine groups is 2. The zero-order valence-electron chi connectivity index (χ0n) is 29.0. The van der Waals surface area contributed by atoms with E-state index in [1.807, 2.05) is 33.9 Å². The summed E-state index contributed by atoms with van der Waals surface area (Å²) in [6.45, 7) is 5.46. The molecule has 2 aromatic heterocycles. The van der Waals surface area contributed by atoms with Crippen molar-refractivity contribution in [3.05, 3.63) is 47.2 Å². The van der Waals surface area contributed by atoms with Gasteiger partial charge in [-0.2, -0.15) is 14.0 Å². The van der Waals surface area contributed by atoms with Crippen LogP contribution in [-0.4, -0.2) is 104 Å². The highest BCUT2D eigenvalue weighted by atomic mass is 32.3. The van der Waals surface area contributed by atoms with Crippen LogP contribution in [0.25, 0.3) is 11.1 Å². The SMILES string of the molecule is CC(O/N=C(\C(=O)N[C@@H]1C(=O)N(OS(=O)(=O)[O-])C1(C)C)c1csc(N)n1)(C(=O)O)[C@H]1CCc2cc(-c3cn(CC(O)CN)[n+](CCCN)c3)ccc2O1. The van der Waals surface area contributed by atoms with Crippen molar-refractivity contribution in [3.8, 4) is 16.9 Å². The summed E-state index contributed by atoms with van der Waals surface area (Å²) in [5.41, 5.74) is 15.4. The summed E-state index contributed by atoms with van der Waals surface area (Å²) in [7, 11) is -5.29. The van der Waals surface area contributed by atoms with Gasteiger partial charge >= 0.3 is 5.97 Å².